The molecular weight excluding hydrogens is 358 g/mol. The molecule has 0 saturated carbocycles. The highest BCUT2D eigenvalue weighted by molar-refractivity contribution is 5.19. The maximum absolute atomic E-state index is 12.7. The zero-order chi connectivity index (χ0) is 19.1. The number of furan rings is 1. The van der Waals surface area contributed by atoms with E-state index in [1.165, 1.54) is 4.68 Å². The molecule has 28 heavy (non-hydrogen) atoms. The van der Waals surface area contributed by atoms with Crippen LogP contribution in [0.15, 0.2) is 57.0 Å². The Kier molecular flexibility index (Phi) is 4.01. The van der Waals surface area contributed by atoms with Gasteiger partial charge in [0.2, 0.25) is 0 Å². The third kappa shape index (κ3) is 2.80. The molecule has 0 aromatic carbocycles. The van der Waals surface area contributed by atoms with Crippen molar-refractivity contribution < 1.29 is 4.42 Å². The second kappa shape index (κ2) is 6.56. The van der Waals surface area contributed by atoms with Crippen molar-refractivity contribution in [2.24, 2.45) is 0 Å². The molecule has 3 aromatic rings. The summed E-state index contributed by atoms with van der Waals surface area (Å²) in [5.74, 6) is 0.739. The lowest BCUT2D eigenvalue weighted by Crippen LogP contribution is -2.45. The van der Waals surface area contributed by atoms with Crippen LogP contribution in [-0.4, -0.2) is 37.3 Å². The van der Waals surface area contributed by atoms with Crippen molar-refractivity contribution in [2.75, 3.05) is 13.1 Å². The smallest absolute Gasteiger partial charge is 0.332 e. The normalized spacial score (nSPS) is 21.4. The van der Waals surface area contributed by atoms with E-state index in [1.54, 1.807) is 23.3 Å². The molecule has 3 aromatic heterocycles. The fourth-order valence-electron chi connectivity index (χ4n) is 4.45. The second-order valence-electron chi connectivity index (χ2n) is 7.69. The van der Waals surface area contributed by atoms with Crippen molar-refractivity contribution in [2.45, 2.75) is 37.9 Å². The van der Waals surface area contributed by atoms with Crippen LogP contribution in [0.2, 0.25) is 0 Å². The van der Waals surface area contributed by atoms with E-state index in [9.17, 15) is 9.59 Å². The molecule has 0 N–H and O–H groups in total. The van der Waals surface area contributed by atoms with Crippen LogP contribution in [0.5, 0.6) is 0 Å². The van der Waals surface area contributed by atoms with Crippen molar-refractivity contribution in [3.8, 4) is 0 Å². The SMILES string of the molecule is O=c1c(=O)n2c(nn1Cc1ccccn1)C1(CCN(Cc3ccoc3)C1)CC2. The Labute approximate surface area is 161 Å². The molecular formula is C20H21N5O3. The van der Waals surface area contributed by atoms with Crippen LogP contribution in [0.4, 0.5) is 0 Å². The van der Waals surface area contributed by atoms with Crippen molar-refractivity contribution in [1.82, 2.24) is 24.2 Å². The van der Waals surface area contributed by atoms with Crippen molar-refractivity contribution in [3.05, 3.63) is 80.8 Å². The van der Waals surface area contributed by atoms with Crippen LogP contribution in [-0.2, 0) is 25.0 Å². The van der Waals surface area contributed by atoms with Crippen LogP contribution < -0.4 is 11.1 Å². The fraction of sp³-hybridized carbons (Fsp3) is 0.400. The van der Waals surface area contributed by atoms with E-state index in [1.807, 2.05) is 24.3 Å². The summed E-state index contributed by atoms with van der Waals surface area (Å²) >= 11 is 0. The van der Waals surface area contributed by atoms with E-state index < -0.39 is 11.1 Å². The van der Waals surface area contributed by atoms with Gasteiger partial charge in [0.05, 0.1) is 24.8 Å². The highest BCUT2D eigenvalue weighted by Crippen LogP contribution is 2.40. The molecule has 1 fully saturated rings. The lowest BCUT2D eigenvalue weighted by Gasteiger charge is -2.23. The molecule has 1 saturated heterocycles. The standard InChI is InChI=1S/C20H21N5O3/c26-17-18(27)25(12-16-3-1-2-7-21-16)22-19-20(6-9-24(17)19)5-8-23(14-20)11-15-4-10-28-13-15/h1-4,7,10,13H,5-6,8-9,11-12,14H2. The van der Waals surface area contributed by atoms with Crippen molar-refractivity contribution >= 4 is 0 Å². The summed E-state index contributed by atoms with van der Waals surface area (Å²) in [7, 11) is 0. The van der Waals surface area contributed by atoms with Gasteiger partial charge in [-0.25, -0.2) is 4.68 Å². The first-order chi connectivity index (χ1) is 13.6. The molecule has 144 valence electrons. The molecule has 5 heterocycles. The topological polar surface area (TPSA) is 86.2 Å². The van der Waals surface area contributed by atoms with Gasteiger partial charge in [-0.2, -0.15) is 5.10 Å². The van der Waals surface area contributed by atoms with Crippen LogP contribution in [0.1, 0.15) is 29.9 Å². The minimum atomic E-state index is -0.584. The number of fused-ring (bicyclic) bond motifs is 2. The lowest BCUT2D eigenvalue weighted by atomic mass is 9.85. The first-order valence-corrected chi connectivity index (χ1v) is 9.50. The maximum atomic E-state index is 12.7. The Morgan fingerprint density at radius 1 is 1.07 bits per heavy atom. The third-order valence-electron chi connectivity index (χ3n) is 5.88. The Balaban J connectivity index is 1.48. The van der Waals surface area contributed by atoms with Crippen LogP contribution in [0.25, 0.3) is 0 Å². The first-order valence-electron chi connectivity index (χ1n) is 9.50. The highest BCUT2D eigenvalue weighted by atomic mass is 16.3. The molecule has 2 aliphatic rings. The highest BCUT2D eigenvalue weighted by Gasteiger charge is 2.47. The van der Waals surface area contributed by atoms with Crippen molar-refractivity contribution in [1.29, 1.82) is 0 Å². The van der Waals surface area contributed by atoms with Gasteiger partial charge in [-0.3, -0.25) is 24.0 Å². The summed E-state index contributed by atoms with van der Waals surface area (Å²) in [5.41, 5.74) is 0.607. The van der Waals surface area contributed by atoms with Gasteiger partial charge in [0.1, 0.15) is 5.82 Å². The van der Waals surface area contributed by atoms with Gasteiger partial charge in [0.25, 0.3) is 0 Å². The molecule has 8 heteroatoms. The third-order valence-corrected chi connectivity index (χ3v) is 5.88. The number of aromatic nitrogens is 4. The van der Waals surface area contributed by atoms with Gasteiger partial charge in [-0.15, -0.1) is 0 Å². The number of nitrogens with zero attached hydrogens (tertiary/aromatic N) is 5. The summed E-state index contributed by atoms with van der Waals surface area (Å²) in [5, 5.41) is 4.66. The van der Waals surface area contributed by atoms with Crippen LogP contribution in [0, 0.1) is 0 Å². The summed E-state index contributed by atoms with van der Waals surface area (Å²) in [4.78, 5) is 31.8. The van der Waals surface area contributed by atoms with Gasteiger partial charge in [0, 0.05) is 36.8 Å². The lowest BCUT2D eigenvalue weighted by molar-refractivity contribution is 0.297. The zero-order valence-electron chi connectivity index (χ0n) is 15.5. The van der Waals surface area contributed by atoms with E-state index in [0.29, 0.717) is 12.2 Å². The predicted molar refractivity (Wildman–Crippen MR) is 101 cm³/mol. The van der Waals surface area contributed by atoms with Gasteiger partial charge < -0.3 is 4.42 Å². The Hall–Kier alpha value is -3.00. The van der Waals surface area contributed by atoms with E-state index in [-0.39, 0.29) is 12.0 Å². The molecule has 0 amide bonds. The fourth-order valence-corrected chi connectivity index (χ4v) is 4.45. The molecule has 5 rings (SSSR count). The summed E-state index contributed by atoms with van der Waals surface area (Å²) in [6.45, 7) is 3.33. The monoisotopic (exact) mass is 379 g/mol. The molecule has 0 aliphatic carbocycles. The predicted octanol–water partition coefficient (Wildman–Crippen LogP) is 0.989. The number of hydrogen-bond donors (Lipinski definition) is 0. The Bertz CT molecular complexity index is 1100. The molecule has 8 nitrogen and oxygen atoms in total. The minimum Gasteiger partial charge on any atom is -0.472 e. The van der Waals surface area contributed by atoms with Crippen molar-refractivity contribution in [3.63, 3.8) is 0 Å². The number of hydrogen-bond acceptors (Lipinski definition) is 6. The van der Waals surface area contributed by atoms with E-state index >= 15 is 0 Å². The first kappa shape index (κ1) is 17.1. The van der Waals surface area contributed by atoms with Crippen LogP contribution in [0.3, 0.4) is 0 Å². The number of rotatable bonds is 4. The average Bonchev–Trinajstić information content (AvgIpc) is 3.44. The molecule has 0 bridgehead atoms. The Morgan fingerprint density at radius 2 is 1.96 bits per heavy atom. The molecule has 2 aliphatic heterocycles. The van der Waals surface area contributed by atoms with E-state index in [4.69, 9.17) is 4.42 Å². The van der Waals surface area contributed by atoms with E-state index in [0.717, 1.165) is 43.9 Å². The van der Waals surface area contributed by atoms with Gasteiger partial charge >= 0.3 is 11.1 Å². The molecule has 1 unspecified atom stereocenters. The second-order valence-corrected chi connectivity index (χ2v) is 7.69. The van der Waals surface area contributed by atoms with E-state index in [2.05, 4.69) is 15.0 Å². The summed E-state index contributed by atoms with van der Waals surface area (Å²) in [6, 6.07) is 7.48. The molecule has 0 radical (unpaired) electrons. The summed E-state index contributed by atoms with van der Waals surface area (Å²) in [6.07, 6.45) is 6.89. The minimum absolute atomic E-state index is 0.178. The molecule has 1 spiro atoms. The Morgan fingerprint density at radius 3 is 2.75 bits per heavy atom. The quantitative estimate of drug-likeness (QED) is 0.629. The van der Waals surface area contributed by atoms with Gasteiger partial charge in [-0.1, -0.05) is 6.07 Å². The molecule has 1 atom stereocenters. The largest absolute Gasteiger partial charge is 0.472 e. The number of likely N-dealkylation sites (tertiary alicyclic amines) is 1. The number of pyridine rings is 1. The maximum Gasteiger partial charge on any atom is 0.332 e. The van der Waals surface area contributed by atoms with Gasteiger partial charge in [-0.05, 0) is 37.6 Å². The average molecular weight is 379 g/mol. The zero-order valence-corrected chi connectivity index (χ0v) is 15.5. The van der Waals surface area contributed by atoms with Crippen LogP contribution >= 0.6 is 0 Å². The van der Waals surface area contributed by atoms with Gasteiger partial charge in [0.15, 0.2) is 0 Å². The summed E-state index contributed by atoms with van der Waals surface area (Å²) < 4.78 is 8.03.